The second kappa shape index (κ2) is 7.39. The topological polar surface area (TPSA) is 41.5 Å². The number of para-hydroxylation sites is 1. The Labute approximate surface area is 110 Å². The Morgan fingerprint density at radius 2 is 1.89 bits per heavy atom. The van der Waals surface area contributed by atoms with Crippen molar-refractivity contribution in [3.8, 4) is 5.75 Å². The van der Waals surface area contributed by atoms with E-state index in [-0.39, 0.29) is 18.7 Å². The molecule has 1 aromatic carbocycles. The molecule has 18 heavy (non-hydrogen) atoms. The highest BCUT2D eigenvalue weighted by molar-refractivity contribution is 5.35. The summed E-state index contributed by atoms with van der Waals surface area (Å²) in [6, 6.07) is 8.31. The van der Waals surface area contributed by atoms with Crippen LogP contribution in [0.5, 0.6) is 5.75 Å². The number of rotatable bonds is 7. The Balaban J connectivity index is 2.79. The van der Waals surface area contributed by atoms with Crippen molar-refractivity contribution in [3.63, 3.8) is 0 Å². The summed E-state index contributed by atoms with van der Waals surface area (Å²) in [6.45, 7) is 9.11. The Kier molecular flexibility index (Phi) is 6.16. The molecule has 102 valence electrons. The van der Waals surface area contributed by atoms with E-state index in [0.29, 0.717) is 12.5 Å². The van der Waals surface area contributed by atoms with Gasteiger partial charge in [0.15, 0.2) is 0 Å². The molecule has 2 N–H and O–H groups in total. The molecule has 1 aromatic rings. The molecular formula is C15H25NO2. The van der Waals surface area contributed by atoms with Crippen LogP contribution in [0.4, 0.5) is 0 Å². The summed E-state index contributed by atoms with van der Waals surface area (Å²) >= 11 is 0. The lowest BCUT2D eigenvalue weighted by Crippen LogP contribution is -2.38. The molecule has 0 saturated carbocycles. The van der Waals surface area contributed by atoms with Crippen molar-refractivity contribution in [2.45, 2.75) is 39.8 Å². The average molecular weight is 251 g/mol. The third kappa shape index (κ3) is 4.00. The van der Waals surface area contributed by atoms with Gasteiger partial charge in [0.05, 0.1) is 13.2 Å². The van der Waals surface area contributed by atoms with Gasteiger partial charge < -0.3 is 15.2 Å². The molecule has 0 fully saturated rings. The van der Waals surface area contributed by atoms with Crippen molar-refractivity contribution in [3.05, 3.63) is 29.8 Å². The number of nitrogens with one attached hydrogen (secondary N) is 1. The lowest BCUT2D eigenvalue weighted by atomic mass is 10.0. The van der Waals surface area contributed by atoms with Gasteiger partial charge in [-0.2, -0.15) is 0 Å². The summed E-state index contributed by atoms with van der Waals surface area (Å²) in [5.74, 6) is 1.32. The molecule has 0 spiro atoms. The van der Waals surface area contributed by atoms with Gasteiger partial charge in [0.25, 0.3) is 0 Å². The van der Waals surface area contributed by atoms with Crippen molar-refractivity contribution in [1.82, 2.24) is 5.32 Å². The SMILES string of the molecule is CCOc1ccccc1C(C)N[C@H](CO)C(C)C. The van der Waals surface area contributed by atoms with Crippen LogP contribution in [0.25, 0.3) is 0 Å². The molecule has 0 aliphatic rings. The van der Waals surface area contributed by atoms with E-state index >= 15 is 0 Å². The first-order valence-electron chi connectivity index (χ1n) is 6.68. The van der Waals surface area contributed by atoms with Gasteiger partial charge in [0, 0.05) is 17.6 Å². The van der Waals surface area contributed by atoms with Crippen LogP contribution < -0.4 is 10.1 Å². The second-order valence-electron chi connectivity index (χ2n) is 4.89. The second-order valence-corrected chi connectivity index (χ2v) is 4.89. The molecule has 0 aromatic heterocycles. The molecule has 0 amide bonds. The van der Waals surface area contributed by atoms with Crippen LogP contribution >= 0.6 is 0 Å². The zero-order chi connectivity index (χ0) is 13.5. The van der Waals surface area contributed by atoms with Crippen LogP contribution in [-0.2, 0) is 0 Å². The van der Waals surface area contributed by atoms with E-state index in [4.69, 9.17) is 4.74 Å². The van der Waals surface area contributed by atoms with E-state index in [9.17, 15) is 5.11 Å². The molecule has 0 bridgehead atoms. The maximum Gasteiger partial charge on any atom is 0.124 e. The van der Waals surface area contributed by atoms with E-state index in [1.807, 2.05) is 25.1 Å². The van der Waals surface area contributed by atoms with Crippen LogP contribution in [0.1, 0.15) is 39.3 Å². The molecule has 0 heterocycles. The van der Waals surface area contributed by atoms with Crippen LogP contribution in [0.15, 0.2) is 24.3 Å². The highest BCUT2D eigenvalue weighted by Gasteiger charge is 2.17. The molecule has 0 aliphatic carbocycles. The Morgan fingerprint density at radius 3 is 2.44 bits per heavy atom. The highest BCUT2D eigenvalue weighted by Crippen LogP contribution is 2.25. The van der Waals surface area contributed by atoms with E-state index < -0.39 is 0 Å². The third-order valence-corrected chi connectivity index (χ3v) is 3.15. The standard InChI is InChI=1S/C15H25NO2/c1-5-18-15-9-7-6-8-13(15)12(4)16-14(10-17)11(2)3/h6-9,11-12,14,16-17H,5,10H2,1-4H3/t12?,14-/m1/s1. The summed E-state index contributed by atoms with van der Waals surface area (Å²) in [6.07, 6.45) is 0. The van der Waals surface area contributed by atoms with Gasteiger partial charge in [-0.25, -0.2) is 0 Å². The zero-order valence-electron chi connectivity index (χ0n) is 11.8. The first-order chi connectivity index (χ1) is 8.60. The van der Waals surface area contributed by atoms with Crippen LogP contribution in [0.3, 0.4) is 0 Å². The lowest BCUT2D eigenvalue weighted by Gasteiger charge is -2.26. The van der Waals surface area contributed by atoms with Crippen LogP contribution in [-0.4, -0.2) is 24.4 Å². The van der Waals surface area contributed by atoms with Crippen molar-refractivity contribution in [2.75, 3.05) is 13.2 Å². The normalized spacial score (nSPS) is 14.6. The molecule has 0 saturated heterocycles. The number of ether oxygens (including phenoxy) is 1. The number of benzene rings is 1. The number of aliphatic hydroxyl groups excluding tert-OH is 1. The minimum atomic E-state index is 0.106. The third-order valence-electron chi connectivity index (χ3n) is 3.15. The monoisotopic (exact) mass is 251 g/mol. The van der Waals surface area contributed by atoms with Gasteiger partial charge in [-0.05, 0) is 25.8 Å². The van der Waals surface area contributed by atoms with E-state index in [0.717, 1.165) is 11.3 Å². The zero-order valence-corrected chi connectivity index (χ0v) is 11.8. The Morgan fingerprint density at radius 1 is 1.22 bits per heavy atom. The fraction of sp³-hybridized carbons (Fsp3) is 0.600. The maximum absolute atomic E-state index is 9.37. The quantitative estimate of drug-likeness (QED) is 0.783. The predicted molar refractivity (Wildman–Crippen MR) is 74.9 cm³/mol. The molecule has 2 atom stereocenters. The van der Waals surface area contributed by atoms with Crippen molar-refractivity contribution < 1.29 is 9.84 Å². The van der Waals surface area contributed by atoms with Crippen LogP contribution in [0, 0.1) is 5.92 Å². The summed E-state index contributed by atoms with van der Waals surface area (Å²) in [7, 11) is 0. The molecule has 1 unspecified atom stereocenters. The fourth-order valence-corrected chi connectivity index (χ4v) is 1.99. The van der Waals surface area contributed by atoms with Crippen molar-refractivity contribution >= 4 is 0 Å². The Bertz CT molecular complexity index is 352. The first kappa shape index (κ1) is 15.0. The van der Waals surface area contributed by atoms with Gasteiger partial charge in [0.1, 0.15) is 5.75 Å². The molecular weight excluding hydrogens is 226 g/mol. The molecule has 3 nitrogen and oxygen atoms in total. The van der Waals surface area contributed by atoms with Crippen LogP contribution in [0.2, 0.25) is 0 Å². The Hall–Kier alpha value is -1.06. The lowest BCUT2D eigenvalue weighted by molar-refractivity contribution is 0.200. The van der Waals surface area contributed by atoms with Gasteiger partial charge in [-0.1, -0.05) is 32.0 Å². The number of hydrogen-bond donors (Lipinski definition) is 2. The molecule has 1 rings (SSSR count). The smallest absolute Gasteiger partial charge is 0.124 e. The first-order valence-corrected chi connectivity index (χ1v) is 6.68. The molecule has 0 radical (unpaired) electrons. The van der Waals surface area contributed by atoms with Gasteiger partial charge in [-0.3, -0.25) is 0 Å². The average Bonchev–Trinajstić information content (AvgIpc) is 2.36. The number of hydrogen-bond acceptors (Lipinski definition) is 3. The fourth-order valence-electron chi connectivity index (χ4n) is 1.99. The van der Waals surface area contributed by atoms with Crippen molar-refractivity contribution in [2.24, 2.45) is 5.92 Å². The van der Waals surface area contributed by atoms with E-state index in [2.05, 4.69) is 32.2 Å². The number of aliphatic hydroxyl groups is 1. The summed E-state index contributed by atoms with van der Waals surface area (Å²) < 4.78 is 5.63. The van der Waals surface area contributed by atoms with E-state index in [1.165, 1.54) is 0 Å². The maximum atomic E-state index is 9.37. The minimum absolute atomic E-state index is 0.106. The van der Waals surface area contributed by atoms with Gasteiger partial charge in [-0.15, -0.1) is 0 Å². The summed E-state index contributed by atoms with van der Waals surface area (Å²) in [5, 5.41) is 12.8. The summed E-state index contributed by atoms with van der Waals surface area (Å²) in [5.41, 5.74) is 1.14. The van der Waals surface area contributed by atoms with Gasteiger partial charge >= 0.3 is 0 Å². The summed E-state index contributed by atoms with van der Waals surface area (Å²) in [4.78, 5) is 0. The predicted octanol–water partition coefficient (Wildman–Crippen LogP) is 2.75. The van der Waals surface area contributed by atoms with E-state index in [1.54, 1.807) is 0 Å². The largest absolute Gasteiger partial charge is 0.494 e. The highest BCUT2D eigenvalue weighted by atomic mass is 16.5. The van der Waals surface area contributed by atoms with Gasteiger partial charge in [0.2, 0.25) is 0 Å². The molecule has 3 heteroatoms. The molecule has 0 aliphatic heterocycles. The minimum Gasteiger partial charge on any atom is -0.494 e. The van der Waals surface area contributed by atoms with Crippen molar-refractivity contribution in [1.29, 1.82) is 0 Å².